The molecular formula is C31H35NO3Si. The van der Waals surface area contributed by atoms with E-state index >= 15 is 0 Å². The van der Waals surface area contributed by atoms with Gasteiger partial charge in [0.05, 0.1) is 0 Å². The highest BCUT2D eigenvalue weighted by Gasteiger charge is 2.45. The molecular weight excluding hydrogens is 462 g/mol. The predicted molar refractivity (Wildman–Crippen MR) is 148 cm³/mol. The Morgan fingerprint density at radius 2 is 1.19 bits per heavy atom. The van der Waals surface area contributed by atoms with Crippen LogP contribution in [0.25, 0.3) is 0 Å². The molecule has 0 bridgehead atoms. The molecule has 4 nitrogen and oxygen atoms in total. The van der Waals surface area contributed by atoms with Crippen LogP contribution in [0.4, 0.5) is 0 Å². The Hall–Kier alpha value is -3.62. The van der Waals surface area contributed by atoms with Crippen LogP contribution in [0, 0.1) is 11.5 Å². The van der Waals surface area contributed by atoms with Crippen molar-refractivity contribution in [3.63, 3.8) is 0 Å². The summed E-state index contributed by atoms with van der Waals surface area (Å²) in [6, 6.07) is 27.4. The van der Waals surface area contributed by atoms with Crippen LogP contribution < -0.4 is 5.32 Å². The van der Waals surface area contributed by atoms with Crippen molar-refractivity contribution in [3.8, 4) is 11.5 Å². The molecule has 0 radical (unpaired) electrons. The van der Waals surface area contributed by atoms with Gasteiger partial charge in [-0.1, -0.05) is 125 Å². The maximum absolute atomic E-state index is 14.3. The average molecular weight is 498 g/mol. The normalized spacial score (nSPS) is 12.7. The lowest BCUT2D eigenvalue weighted by molar-refractivity contribution is -0.142. The summed E-state index contributed by atoms with van der Waals surface area (Å²) in [6.07, 6.45) is 0.0437. The van der Waals surface area contributed by atoms with Crippen LogP contribution in [0.15, 0.2) is 91.0 Å². The van der Waals surface area contributed by atoms with Crippen LogP contribution in [0.1, 0.15) is 43.9 Å². The molecule has 1 atom stereocenters. The minimum absolute atomic E-state index is 0.0437. The van der Waals surface area contributed by atoms with Gasteiger partial charge in [-0.05, 0) is 21.7 Å². The molecule has 0 saturated heterocycles. The first kappa shape index (κ1) is 27.0. The molecule has 0 aliphatic carbocycles. The van der Waals surface area contributed by atoms with E-state index in [1.54, 1.807) is 0 Å². The van der Waals surface area contributed by atoms with Crippen molar-refractivity contribution in [2.24, 2.45) is 0 Å². The van der Waals surface area contributed by atoms with Crippen LogP contribution in [0.5, 0.6) is 0 Å². The summed E-state index contributed by atoms with van der Waals surface area (Å²) >= 11 is 0. The molecule has 2 N–H and O–H groups in total. The van der Waals surface area contributed by atoms with Crippen LogP contribution in [-0.4, -0.2) is 31.1 Å². The molecule has 0 fully saturated rings. The maximum atomic E-state index is 14.3. The molecule has 0 aromatic heterocycles. The average Bonchev–Trinajstić information content (AvgIpc) is 2.85. The van der Waals surface area contributed by atoms with E-state index in [0.29, 0.717) is 0 Å². The fraction of sp³-hybridized carbons (Fsp3) is 0.290. The van der Waals surface area contributed by atoms with Crippen molar-refractivity contribution in [1.82, 2.24) is 5.32 Å². The summed E-state index contributed by atoms with van der Waals surface area (Å²) in [7, 11) is -1.91. The zero-order chi connectivity index (χ0) is 26.4. The summed E-state index contributed by atoms with van der Waals surface area (Å²) in [5.41, 5.74) is 4.42. The second-order valence-electron chi connectivity index (χ2n) is 10.6. The third-order valence-corrected chi connectivity index (χ3v) is 11.7. The Labute approximate surface area is 215 Å². The molecule has 0 heterocycles. The van der Waals surface area contributed by atoms with Gasteiger partial charge in [0, 0.05) is 6.42 Å². The highest BCUT2D eigenvalue weighted by Crippen LogP contribution is 2.40. The van der Waals surface area contributed by atoms with Gasteiger partial charge in [-0.3, -0.25) is 4.79 Å². The third-order valence-electron chi connectivity index (χ3n) is 7.15. The van der Waals surface area contributed by atoms with Gasteiger partial charge in [0.2, 0.25) is 5.91 Å². The minimum atomic E-state index is -1.91. The lowest BCUT2D eigenvalue weighted by Crippen LogP contribution is -2.51. The predicted octanol–water partition coefficient (Wildman–Crippen LogP) is 6.03. The van der Waals surface area contributed by atoms with Crippen molar-refractivity contribution in [1.29, 1.82) is 0 Å². The van der Waals surface area contributed by atoms with Gasteiger partial charge in [-0.15, -0.1) is 11.5 Å². The summed E-state index contributed by atoms with van der Waals surface area (Å²) in [4.78, 5) is 26.5. The summed E-state index contributed by atoms with van der Waals surface area (Å²) in [6.45, 7) is 10.9. The molecule has 36 heavy (non-hydrogen) atoms. The number of carboxylic acid groups (broad SMARTS) is 1. The van der Waals surface area contributed by atoms with Crippen molar-refractivity contribution in [3.05, 3.63) is 108 Å². The fourth-order valence-corrected chi connectivity index (χ4v) is 4.90. The largest absolute Gasteiger partial charge is 0.480 e. The van der Waals surface area contributed by atoms with Crippen molar-refractivity contribution < 1.29 is 14.7 Å². The molecule has 1 amide bonds. The van der Waals surface area contributed by atoms with Gasteiger partial charge in [-0.25, -0.2) is 4.79 Å². The first-order valence-electron chi connectivity index (χ1n) is 12.2. The zero-order valence-electron chi connectivity index (χ0n) is 21.7. The van der Waals surface area contributed by atoms with Crippen molar-refractivity contribution >= 4 is 20.0 Å². The standard InChI is InChI=1S/C31H35NO3Si/c1-30(2,3)36(4,5)23-15-22-27(28(33)34)32-29(35)31(24-16-9-6-10-17-24,25-18-11-7-12-19-25)26-20-13-8-14-21-26/h6-14,16-21,27H,22H2,1-5H3,(H,32,35)(H,33,34)/t27-/m0/s1. The number of carbonyl (C=O) groups excluding carboxylic acids is 1. The highest BCUT2D eigenvalue weighted by molar-refractivity contribution is 6.87. The second-order valence-corrected chi connectivity index (χ2v) is 15.6. The molecule has 5 heteroatoms. The van der Waals surface area contributed by atoms with Crippen LogP contribution in [0.2, 0.25) is 18.1 Å². The molecule has 0 saturated carbocycles. The van der Waals surface area contributed by atoms with Crippen LogP contribution in [-0.2, 0) is 15.0 Å². The van der Waals surface area contributed by atoms with Crippen LogP contribution in [0.3, 0.4) is 0 Å². The summed E-state index contributed by atoms with van der Waals surface area (Å²) < 4.78 is 0. The molecule has 3 rings (SSSR count). The number of carbonyl (C=O) groups is 2. The molecule has 0 unspecified atom stereocenters. The minimum Gasteiger partial charge on any atom is -0.480 e. The van der Waals surface area contributed by atoms with E-state index in [4.69, 9.17) is 0 Å². The topological polar surface area (TPSA) is 66.4 Å². The Morgan fingerprint density at radius 3 is 1.53 bits per heavy atom. The number of amides is 1. The lowest BCUT2D eigenvalue weighted by atomic mass is 9.68. The summed E-state index contributed by atoms with van der Waals surface area (Å²) in [5, 5.41) is 12.9. The first-order chi connectivity index (χ1) is 17.0. The van der Waals surface area contributed by atoms with E-state index in [1.807, 2.05) is 91.0 Å². The Kier molecular flexibility index (Phi) is 8.22. The maximum Gasteiger partial charge on any atom is 0.327 e. The fourth-order valence-electron chi connectivity index (χ4n) is 3.99. The van der Waals surface area contributed by atoms with E-state index in [2.05, 4.69) is 50.6 Å². The lowest BCUT2D eigenvalue weighted by Gasteiger charge is -2.35. The Balaban J connectivity index is 2.10. The molecule has 3 aromatic carbocycles. The molecule has 186 valence electrons. The number of benzene rings is 3. The number of hydrogen-bond donors (Lipinski definition) is 2. The number of nitrogens with one attached hydrogen (secondary N) is 1. The summed E-state index contributed by atoms with van der Waals surface area (Å²) in [5.74, 6) is 1.61. The van der Waals surface area contributed by atoms with E-state index in [-0.39, 0.29) is 11.5 Å². The highest BCUT2D eigenvalue weighted by atomic mass is 28.3. The Bertz CT molecular complexity index is 1140. The van der Waals surface area contributed by atoms with Gasteiger partial charge < -0.3 is 10.4 Å². The number of rotatable bonds is 7. The molecule has 3 aromatic rings. The molecule has 0 aliphatic rings. The van der Waals surface area contributed by atoms with Gasteiger partial charge in [-0.2, -0.15) is 0 Å². The first-order valence-corrected chi connectivity index (χ1v) is 15.2. The SMILES string of the molecule is CC(C)(C)[Si](C)(C)C#CC[C@H](NC(=O)C(c1ccccc1)(c1ccccc1)c1ccccc1)C(=O)O. The Morgan fingerprint density at radius 1 is 0.806 bits per heavy atom. The van der Waals surface area contributed by atoms with Crippen LogP contribution >= 0.6 is 0 Å². The number of aliphatic carboxylic acids is 1. The third kappa shape index (κ3) is 5.61. The van der Waals surface area contributed by atoms with E-state index in [9.17, 15) is 14.7 Å². The number of carboxylic acids is 1. The van der Waals surface area contributed by atoms with Gasteiger partial charge >= 0.3 is 5.97 Å². The van der Waals surface area contributed by atoms with E-state index in [0.717, 1.165) is 16.7 Å². The zero-order valence-corrected chi connectivity index (χ0v) is 22.7. The van der Waals surface area contributed by atoms with Gasteiger partial charge in [0.1, 0.15) is 19.5 Å². The smallest absolute Gasteiger partial charge is 0.327 e. The van der Waals surface area contributed by atoms with Crippen molar-refractivity contribution in [2.75, 3.05) is 0 Å². The quantitative estimate of drug-likeness (QED) is 0.238. The van der Waals surface area contributed by atoms with E-state index in [1.165, 1.54) is 0 Å². The monoisotopic (exact) mass is 497 g/mol. The molecule has 0 aliphatic heterocycles. The van der Waals surface area contributed by atoms with Crippen molar-refractivity contribution in [2.45, 2.75) is 56.8 Å². The van der Waals surface area contributed by atoms with E-state index < -0.39 is 31.4 Å². The van der Waals surface area contributed by atoms with Gasteiger partial charge in [0.25, 0.3) is 0 Å². The van der Waals surface area contributed by atoms with Gasteiger partial charge in [0.15, 0.2) is 0 Å². The number of hydrogen-bond acceptors (Lipinski definition) is 2. The molecule has 0 spiro atoms. The second kappa shape index (κ2) is 11.0.